The van der Waals surface area contributed by atoms with E-state index in [2.05, 4.69) is 51.0 Å². The minimum absolute atomic E-state index is 0.209. The van der Waals surface area contributed by atoms with E-state index in [1.54, 1.807) is 30.2 Å². The maximum Gasteiger partial charge on any atom is 0.321 e. The lowest BCUT2D eigenvalue weighted by atomic mass is 10.2. The molecule has 0 bridgehead atoms. The molecule has 8 heteroatoms. The SMILES string of the molecule is Cc1ccc(-n2c(CN3CCN(C(=O)Nc4ccc(C)c(F)c4)CC3)nc3cccnc32)cc1. The fourth-order valence-corrected chi connectivity index (χ4v) is 4.21. The predicted octanol–water partition coefficient (Wildman–Crippen LogP) is 4.53. The van der Waals surface area contributed by atoms with Gasteiger partial charge in [-0.25, -0.2) is 19.2 Å². The first-order valence-corrected chi connectivity index (χ1v) is 11.4. The summed E-state index contributed by atoms with van der Waals surface area (Å²) < 4.78 is 15.9. The van der Waals surface area contributed by atoms with Crippen LogP contribution < -0.4 is 5.32 Å². The highest BCUT2D eigenvalue weighted by Gasteiger charge is 2.23. The maximum atomic E-state index is 13.8. The van der Waals surface area contributed by atoms with Gasteiger partial charge in [0.1, 0.15) is 17.2 Å². The minimum atomic E-state index is -0.325. The second-order valence-corrected chi connectivity index (χ2v) is 8.70. The number of imidazole rings is 1. The maximum absolute atomic E-state index is 13.8. The van der Waals surface area contributed by atoms with Crippen LogP contribution in [0.5, 0.6) is 0 Å². The summed E-state index contributed by atoms with van der Waals surface area (Å²) in [5, 5.41) is 2.80. The molecule has 3 heterocycles. The molecule has 1 fully saturated rings. The number of hydrogen-bond acceptors (Lipinski definition) is 4. The zero-order valence-electron chi connectivity index (χ0n) is 19.3. The third kappa shape index (κ3) is 4.49. The molecule has 1 aliphatic heterocycles. The number of nitrogens with one attached hydrogen (secondary N) is 1. The van der Waals surface area contributed by atoms with Crippen LogP contribution in [0.4, 0.5) is 14.9 Å². The average Bonchev–Trinajstić information content (AvgIpc) is 3.20. The second-order valence-electron chi connectivity index (χ2n) is 8.70. The van der Waals surface area contributed by atoms with Gasteiger partial charge < -0.3 is 10.2 Å². The molecule has 1 aliphatic rings. The Morgan fingerprint density at radius 1 is 1.03 bits per heavy atom. The van der Waals surface area contributed by atoms with E-state index >= 15 is 0 Å². The number of carbonyl (C=O) groups excluding carboxylic acids is 1. The Balaban J connectivity index is 1.28. The van der Waals surface area contributed by atoms with Crippen LogP contribution in [0.2, 0.25) is 0 Å². The van der Waals surface area contributed by atoms with Gasteiger partial charge in [-0.1, -0.05) is 23.8 Å². The smallest absolute Gasteiger partial charge is 0.321 e. The van der Waals surface area contributed by atoms with Crippen molar-refractivity contribution in [3.63, 3.8) is 0 Å². The highest BCUT2D eigenvalue weighted by atomic mass is 19.1. The van der Waals surface area contributed by atoms with Gasteiger partial charge in [-0.2, -0.15) is 0 Å². The quantitative estimate of drug-likeness (QED) is 0.488. The van der Waals surface area contributed by atoms with E-state index in [0.717, 1.165) is 35.8 Å². The number of aromatic nitrogens is 3. The summed E-state index contributed by atoms with van der Waals surface area (Å²) in [7, 11) is 0. The second kappa shape index (κ2) is 9.23. The monoisotopic (exact) mass is 458 g/mol. The van der Waals surface area contributed by atoms with Gasteiger partial charge >= 0.3 is 6.03 Å². The first kappa shape index (κ1) is 22.0. The van der Waals surface area contributed by atoms with Gasteiger partial charge in [-0.3, -0.25) is 9.47 Å². The van der Waals surface area contributed by atoms with Crippen LogP contribution in [-0.2, 0) is 6.54 Å². The van der Waals surface area contributed by atoms with Crippen LogP contribution in [0.1, 0.15) is 17.0 Å². The summed E-state index contributed by atoms with van der Waals surface area (Å²) in [6.07, 6.45) is 1.79. The summed E-state index contributed by atoms with van der Waals surface area (Å²) in [6, 6.07) is 16.8. The van der Waals surface area contributed by atoms with E-state index in [4.69, 9.17) is 4.98 Å². The van der Waals surface area contributed by atoms with Gasteiger partial charge in [0.25, 0.3) is 0 Å². The summed E-state index contributed by atoms with van der Waals surface area (Å²) in [5.41, 5.74) is 4.95. The lowest BCUT2D eigenvalue weighted by Gasteiger charge is -2.34. The molecule has 34 heavy (non-hydrogen) atoms. The molecular formula is C26H27FN6O. The third-order valence-corrected chi connectivity index (χ3v) is 6.23. The number of aryl methyl sites for hydroxylation is 2. The first-order valence-electron chi connectivity index (χ1n) is 11.4. The summed E-state index contributed by atoms with van der Waals surface area (Å²) in [6.45, 7) is 7.04. The average molecular weight is 459 g/mol. The molecule has 2 aromatic carbocycles. The Bertz CT molecular complexity index is 1330. The van der Waals surface area contributed by atoms with E-state index in [1.807, 2.05) is 12.1 Å². The number of urea groups is 1. The van der Waals surface area contributed by atoms with E-state index in [9.17, 15) is 9.18 Å². The van der Waals surface area contributed by atoms with Crippen LogP contribution in [0.3, 0.4) is 0 Å². The van der Waals surface area contributed by atoms with E-state index in [0.29, 0.717) is 30.9 Å². The van der Waals surface area contributed by atoms with Crippen LogP contribution in [0.15, 0.2) is 60.8 Å². The van der Waals surface area contributed by atoms with Gasteiger partial charge in [0, 0.05) is 43.8 Å². The number of pyridine rings is 1. The van der Waals surface area contributed by atoms with E-state index < -0.39 is 0 Å². The fraction of sp³-hybridized carbons (Fsp3) is 0.269. The van der Waals surface area contributed by atoms with Crippen LogP contribution in [0.25, 0.3) is 16.9 Å². The van der Waals surface area contributed by atoms with Crippen molar-refractivity contribution in [1.29, 1.82) is 0 Å². The van der Waals surface area contributed by atoms with Crippen molar-refractivity contribution in [3.8, 4) is 5.69 Å². The third-order valence-electron chi connectivity index (χ3n) is 6.23. The summed E-state index contributed by atoms with van der Waals surface area (Å²) in [5.74, 6) is 0.596. The Morgan fingerprint density at radius 2 is 1.79 bits per heavy atom. The van der Waals surface area contributed by atoms with Gasteiger partial charge in [0.15, 0.2) is 5.65 Å². The largest absolute Gasteiger partial charge is 0.322 e. The van der Waals surface area contributed by atoms with Crippen LogP contribution in [-0.4, -0.2) is 56.5 Å². The van der Waals surface area contributed by atoms with Gasteiger partial charge in [0.2, 0.25) is 0 Å². The molecule has 0 aliphatic carbocycles. The van der Waals surface area contributed by atoms with E-state index in [1.165, 1.54) is 11.6 Å². The number of piperazine rings is 1. The molecule has 4 aromatic rings. The lowest BCUT2D eigenvalue weighted by Crippen LogP contribution is -2.49. The van der Waals surface area contributed by atoms with Crippen molar-refractivity contribution in [1.82, 2.24) is 24.3 Å². The molecule has 0 unspecified atom stereocenters. The van der Waals surface area contributed by atoms with Gasteiger partial charge in [-0.05, 0) is 55.8 Å². The Morgan fingerprint density at radius 3 is 2.53 bits per heavy atom. The topological polar surface area (TPSA) is 66.3 Å². The molecule has 2 aromatic heterocycles. The van der Waals surface area contributed by atoms with Gasteiger partial charge in [-0.15, -0.1) is 0 Å². The molecule has 2 amide bonds. The molecule has 1 N–H and O–H groups in total. The molecule has 1 saturated heterocycles. The number of nitrogens with zero attached hydrogens (tertiary/aromatic N) is 5. The van der Waals surface area contributed by atoms with Crippen molar-refractivity contribution in [3.05, 3.63) is 83.6 Å². The van der Waals surface area contributed by atoms with Gasteiger partial charge in [0.05, 0.1) is 6.54 Å². The number of halogens is 1. The van der Waals surface area contributed by atoms with Crippen molar-refractivity contribution in [2.24, 2.45) is 0 Å². The molecule has 0 radical (unpaired) electrons. The summed E-state index contributed by atoms with van der Waals surface area (Å²) in [4.78, 5) is 26.2. The number of rotatable bonds is 4. The lowest BCUT2D eigenvalue weighted by molar-refractivity contribution is 0.140. The zero-order chi connectivity index (χ0) is 23.7. The highest BCUT2D eigenvalue weighted by Crippen LogP contribution is 2.22. The Hall–Kier alpha value is -3.78. The van der Waals surface area contributed by atoms with Crippen molar-refractivity contribution < 1.29 is 9.18 Å². The number of hydrogen-bond donors (Lipinski definition) is 1. The molecule has 7 nitrogen and oxygen atoms in total. The zero-order valence-corrected chi connectivity index (χ0v) is 19.3. The van der Waals surface area contributed by atoms with Crippen LogP contribution >= 0.6 is 0 Å². The fourth-order valence-electron chi connectivity index (χ4n) is 4.21. The highest BCUT2D eigenvalue weighted by molar-refractivity contribution is 5.89. The first-order chi connectivity index (χ1) is 16.5. The number of fused-ring (bicyclic) bond motifs is 1. The van der Waals surface area contributed by atoms with Crippen molar-refractivity contribution in [2.75, 3.05) is 31.5 Å². The van der Waals surface area contributed by atoms with Crippen LogP contribution in [0, 0.1) is 19.7 Å². The predicted molar refractivity (Wildman–Crippen MR) is 131 cm³/mol. The normalized spacial score (nSPS) is 14.5. The molecule has 5 rings (SSSR count). The molecule has 0 spiro atoms. The molecule has 174 valence electrons. The van der Waals surface area contributed by atoms with E-state index in [-0.39, 0.29) is 11.8 Å². The standard InChI is InChI=1S/C26H27FN6O/c1-18-5-9-21(10-6-18)33-24(30-23-4-3-11-28-25(23)33)17-31-12-14-32(15-13-31)26(34)29-20-8-7-19(2)22(27)16-20/h3-11,16H,12-15,17H2,1-2H3,(H,29,34). The molecular weight excluding hydrogens is 431 g/mol. The molecule has 0 atom stereocenters. The number of anilines is 1. The van der Waals surface area contributed by atoms with Crippen molar-refractivity contribution >= 4 is 22.9 Å². The summed E-state index contributed by atoms with van der Waals surface area (Å²) >= 11 is 0. The number of amides is 2. The van der Waals surface area contributed by atoms with Crippen molar-refractivity contribution in [2.45, 2.75) is 20.4 Å². The molecule has 0 saturated carbocycles. The minimum Gasteiger partial charge on any atom is -0.322 e. The Kier molecular flexibility index (Phi) is 5.98. The Labute approximate surface area is 197 Å². The number of benzene rings is 2. The number of carbonyl (C=O) groups is 1.